The molecule has 0 atom stereocenters. The normalized spacial score (nSPS) is 9.83. The van der Waals surface area contributed by atoms with Crippen LogP contribution < -0.4 is 16.4 Å². The number of rotatable bonds is 7. The Bertz CT molecular complexity index is 424. The summed E-state index contributed by atoms with van der Waals surface area (Å²) in [5, 5.41) is 5.74. The number of aromatic nitrogens is 2. The molecule has 1 heterocycles. The number of nitrogens with two attached hydrogens (primary N) is 1. The van der Waals surface area contributed by atoms with Crippen LogP contribution in [0.4, 0.5) is 5.95 Å². The maximum Gasteiger partial charge on any atom is 0.223 e. The molecule has 1 amide bonds. The number of hydrogen-bond acceptors (Lipinski definition) is 5. The molecule has 0 saturated heterocycles. The Morgan fingerprint density at radius 1 is 1.50 bits per heavy atom. The van der Waals surface area contributed by atoms with Crippen molar-refractivity contribution in [2.24, 2.45) is 5.73 Å². The van der Waals surface area contributed by atoms with Crippen LogP contribution in [0.1, 0.15) is 25.5 Å². The van der Waals surface area contributed by atoms with E-state index in [4.69, 9.17) is 18.0 Å². The van der Waals surface area contributed by atoms with Gasteiger partial charge in [0.1, 0.15) is 10.7 Å². The maximum absolute atomic E-state index is 11.3. The summed E-state index contributed by atoms with van der Waals surface area (Å²) >= 11 is 4.82. The number of nitrogens with zero attached hydrogens (tertiary/aromatic N) is 2. The van der Waals surface area contributed by atoms with E-state index in [2.05, 4.69) is 20.6 Å². The van der Waals surface area contributed by atoms with Gasteiger partial charge in [0.05, 0.1) is 0 Å². The van der Waals surface area contributed by atoms with Crippen LogP contribution in [0.15, 0.2) is 12.3 Å². The van der Waals surface area contributed by atoms with Crippen molar-refractivity contribution in [1.29, 1.82) is 0 Å². The first-order valence-corrected chi connectivity index (χ1v) is 6.17. The van der Waals surface area contributed by atoms with Crippen LogP contribution in [0.3, 0.4) is 0 Å². The molecule has 0 spiro atoms. The lowest BCUT2D eigenvalue weighted by Crippen LogP contribution is -2.26. The van der Waals surface area contributed by atoms with Crippen molar-refractivity contribution in [2.45, 2.75) is 19.8 Å². The highest BCUT2D eigenvalue weighted by molar-refractivity contribution is 7.80. The molecule has 4 N–H and O–H groups in total. The van der Waals surface area contributed by atoms with Crippen LogP contribution in [-0.2, 0) is 4.79 Å². The van der Waals surface area contributed by atoms with Gasteiger partial charge in [-0.3, -0.25) is 4.79 Å². The monoisotopic (exact) mass is 267 g/mol. The number of amides is 1. The standard InChI is InChI=1S/C11H17N5OS/c1-2-5-13-9(17)4-7-15-11-14-6-3-8(16-11)10(12)18/h3,6H,2,4-5,7H2,1H3,(H2,12,18)(H,13,17)(H,14,15,16). The van der Waals surface area contributed by atoms with Gasteiger partial charge in [-0.05, 0) is 12.5 Å². The molecule has 1 aromatic rings. The largest absolute Gasteiger partial charge is 0.388 e. The summed E-state index contributed by atoms with van der Waals surface area (Å²) in [5.41, 5.74) is 5.98. The minimum atomic E-state index is 0.00912. The van der Waals surface area contributed by atoms with Gasteiger partial charge in [0.15, 0.2) is 0 Å². The molecular weight excluding hydrogens is 250 g/mol. The van der Waals surface area contributed by atoms with E-state index in [0.717, 1.165) is 6.42 Å². The zero-order valence-electron chi connectivity index (χ0n) is 10.3. The first-order valence-electron chi connectivity index (χ1n) is 5.77. The summed E-state index contributed by atoms with van der Waals surface area (Å²) in [6.07, 6.45) is 2.87. The molecule has 1 aromatic heterocycles. The quantitative estimate of drug-likeness (QED) is 0.621. The second-order valence-corrected chi connectivity index (χ2v) is 4.10. The molecule has 98 valence electrons. The number of nitrogens with one attached hydrogen (secondary N) is 2. The van der Waals surface area contributed by atoms with E-state index < -0.39 is 0 Å². The topological polar surface area (TPSA) is 92.9 Å². The number of hydrogen-bond donors (Lipinski definition) is 3. The summed E-state index contributed by atoms with van der Waals surface area (Å²) in [6.45, 7) is 3.18. The van der Waals surface area contributed by atoms with Crippen molar-refractivity contribution < 1.29 is 4.79 Å². The smallest absolute Gasteiger partial charge is 0.223 e. The number of carbonyl (C=O) groups is 1. The lowest BCUT2D eigenvalue weighted by atomic mass is 10.3. The molecule has 0 aliphatic rings. The molecule has 0 aromatic carbocycles. The molecule has 6 nitrogen and oxygen atoms in total. The molecule has 0 aliphatic heterocycles. The fraction of sp³-hybridized carbons (Fsp3) is 0.455. The van der Waals surface area contributed by atoms with E-state index >= 15 is 0 Å². The van der Waals surface area contributed by atoms with Crippen LogP contribution in [0.25, 0.3) is 0 Å². The molecule has 1 rings (SSSR count). The molecule has 0 fully saturated rings. The van der Waals surface area contributed by atoms with Gasteiger partial charge in [-0.2, -0.15) is 0 Å². The second-order valence-electron chi connectivity index (χ2n) is 3.66. The van der Waals surface area contributed by atoms with Crippen molar-refractivity contribution in [1.82, 2.24) is 15.3 Å². The Morgan fingerprint density at radius 3 is 2.94 bits per heavy atom. The Balaban J connectivity index is 2.37. The zero-order valence-corrected chi connectivity index (χ0v) is 11.1. The highest BCUT2D eigenvalue weighted by Gasteiger charge is 2.03. The van der Waals surface area contributed by atoms with Crippen LogP contribution in [0, 0.1) is 0 Å². The van der Waals surface area contributed by atoms with Gasteiger partial charge in [0, 0.05) is 25.7 Å². The van der Waals surface area contributed by atoms with Gasteiger partial charge in [-0.15, -0.1) is 0 Å². The molecule has 18 heavy (non-hydrogen) atoms. The van der Waals surface area contributed by atoms with Crippen molar-refractivity contribution >= 4 is 29.1 Å². The lowest BCUT2D eigenvalue weighted by Gasteiger charge is -2.06. The highest BCUT2D eigenvalue weighted by Crippen LogP contribution is 2.00. The van der Waals surface area contributed by atoms with E-state index in [-0.39, 0.29) is 10.9 Å². The van der Waals surface area contributed by atoms with Crippen molar-refractivity contribution in [2.75, 3.05) is 18.4 Å². The van der Waals surface area contributed by atoms with Gasteiger partial charge in [0.25, 0.3) is 0 Å². The van der Waals surface area contributed by atoms with Crippen LogP contribution in [0.5, 0.6) is 0 Å². The van der Waals surface area contributed by atoms with Gasteiger partial charge in [-0.1, -0.05) is 19.1 Å². The van der Waals surface area contributed by atoms with Crippen molar-refractivity contribution in [3.05, 3.63) is 18.0 Å². The first-order chi connectivity index (χ1) is 8.63. The van der Waals surface area contributed by atoms with Crippen LogP contribution in [-0.4, -0.2) is 34.0 Å². The third kappa shape index (κ3) is 5.05. The minimum absolute atomic E-state index is 0.00912. The fourth-order valence-corrected chi connectivity index (χ4v) is 1.34. The molecule has 0 aliphatic carbocycles. The molecular formula is C11H17N5OS. The average molecular weight is 267 g/mol. The van der Waals surface area contributed by atoms with E-state index in [1.54, 1.807) is 12.3 Å². The number of thiocarbonyl (C=S) groups is 1. The van der Waals surface area contributed by atoms with E-state index in [1.807, 2.05) is 6.92 Å². The van der Waals surface area contributed by atoms with Crippen LogP contribution in [0.2, 0.25) is 0 Å². The third-order valence-electron chi connectivity index (χ3n) is 2.12. The average Bonchev–Trinajstić information content (AvgIpc) is 2.36. The zero-order chi connectivity index (χ0) is 13.4. The second kappa shape index (κ2) is 7.54. The summed E-state index contributed by atoms with van der Waals surface area (Å²) < 4.78 is 0. The Kier molecular flexibility index (Phi) is 5.99. The summed E-state index contributed by atoms with van der Waals surface area (Å²) in [4.78, 5) is 19.7. The molecule has 0 unspecified atom stereocenters. The molecule has 0 radical (unpaired) electrons. The summed E-state index contributed by atoms with van der Waals surface area (Å²) in [5.74, 6) is 0.429. The van der Waals surface area contributed by atoms with E-state index in [0.29, 0.717) is 31.2 Å². The predicted molar refractivity (Wildman–Crippen MR) is 74.3 cm³/mol. The Labute approximate surface area is 111 Å². The van der Waals surface area contributed by atoms with Gasteiger partial charge < -0.3 is 16.4 Å². The SMILES string of the molecule is CCCNC(=O)CCNc1nccc(C(N)=S)n1. The third-order valence-corrected chi connectivity index (χ3v) is 2.32. The minimum Gasteiger partial charge on any atom is -0.388 e. The van der Waals surface area contributed by atoms with Crippen molar-refractivity contribution in [3.8, 4) is 0 Å². The van der Waals surface area contributed by atoms with E-state index in [9.17, 15) is 4.79 Å². The summed E-state index contributed by atoms with van der Waals surface area (Å²) in [7, 11) is 0. The highest BCUT2D eigenvalue weighted by atomic mass is 32.1. The maximum atomic E-state index is 11.3. The lowest BCUT2D eigenvalue weighted by molar-refractivity contribution is -0.120. The number of anilines is 1. The molecule has 0 saturated carbocycles. The first kappa shape index (κ1) is 14.3. The Morgan fingerprint density at radius 2 is 2.28 bits per heavy atom. The van der Waals surface area contributed by atoms with E-state index in [1.165, 1.54) is 0 Å². The predicted octanol–water partition coefficient (Wildman–Crippen LogP) is 0.439. The molecule has 7 heteroatoms. The molecule has 0 bridgehead atoms. The van der Waals surface area contributed by atoms with Gasteiger partial charge in [0.2, 0.25) is 11.9 Å². The fourth-order valence-electron chi connectivity index (χ4n) is 1.22. The number of carbonyl (C=O) groups excluding carboxylic acids is 1. The summed E-state index contributed by atoms with van der Waals surface area (Å²) in [6, 6.07) is 1.64. The van der Waals surface area contributed by atoms with Gasteiger partial charge >= 0.3 is 0 Å². The van der Waals surface area contributed by atoms with Crippen molar-refractivity contribution in [3.63, 3.8) is 0 Å². The van der Waals surface area contributed by atoms with Crippen LogP contribution >= 0.6 is 12.2 Å². The van der Waals surface area contributed by atoms with Gasteiger partial charge in [-0.25, -0.2) is 9.97 Å². The Hall–Kier alpha value is -1.76.